The number of nitrogens with one attached hydrogen (secondary N) is 2. The largest absolute Gasteiger partial charge is 0.370 e. The van der Waals surface area contributed by atoms with E-state index in [0.717, 1.165) is 12.1 Å². The van der Waals surface area contributed by atoms with Crippen LogP contribution in [0.25, 0.3) is 11.3 Å². The Morgan fingerprint density at radius 3 is 2.42 bits per heavy atom. The summed E-state index contributed by atoms with van der Waals surface area (Å²) in [6, 6.07) is 8.36. The van der Waals surface area contributed by atoms with Gasteiger partial charge in [-0.15, -0.1) is 0 Å². The Bertz CT molecular complexity index is 1200. The number of fused-ring (bicyclic) bond motifs is 1. The molecule has 0 aliphatic carbocycles. The average molecular weight is 457 g/mol. The lowest BCUT2D eigenvalue weighted by Gasteiger charge is -2.33. The molecule has 1 fully saturated rings. The summed E-state index contributed by atoms with van der Waals surface area (Å²) in [5, 5.41) is 5.69. The summed E-state index contributed by atoms with van der Waals surface area (Å²) >= 11 is 0. The lowest BCUT2D eigenvalue weighted by atomic mass is 10.1. The van der Waals surface area contributed by atoms with Crippen molar-refractivity contribution in [2.75, 3.05) is 23.3 Å². The molecule has 0 atom stereocenters. The van der Waals surface area contributed by atoms with E-state index in [-0.39, 0.29) is 55.2 Å². The lowest BCUT2D eigenvalue weighted by Crippen LogP contribution is -2.39. The second kappa shape index (κ2) is 8.02. The molecule has 0 spiro atoms. The standard InChI is InChI=1S/C23H19F4N5O/c24-14-2-1-3-15(25)20(14)16-10-17(21-18(30-16)12-29-22(21)33)31-19-5-4-13(11-28-19)32-8-6-23(26,27)7-9-32/h1-5,10-11H,6-9,12H2,(H,29,33)(H,28,30,31). The van der Waals surface area contributed by atoms with E-state index in [1.807, 2.05) is 4.90 Å². The third-order valence-electron chi connectivity index (χ3n) is 5.83. The molecule has 6 nitrogen and oxygen atoms in total. The van der Waals surface area contributed by atoms with Crippen molar-refractivity contribution in [2.24, 2.45) is 0 Å². The minimum Gasteiger partial charge on any atom is -0.370 e. The molecule has 5 rings (SSSR count). The Kier molecular flexibility index (Phi) is 5.15. The molecule has 2 N–H and O–H groups in total. The number of amides is 1. The van der Waals surface area contributed by atoms with Crippen molar-refractivity contribution in [3.8, 4) is 11.3 Å². The van der Waals surface area contributed by atoms with Crippen LogP contribution in [0.4, 0.5) is 34.8 Å². The molecule has 0 bridgehead atoms. The lowest BCUT2D eigenvalue weighted by molar-refractivity contribution is -0.0220. The summed E-state index contributed by atoms with van der Waals surface area (Å²) in [5.74, 6) is -4.13. The number of rotatable bonds is 4. The highest BCUT2D eigenvalue weighted by molar-refractivity contribution is 6.04. The van der Waals surface area contributed by atoms with Crippen molar-refractivity contribution in [3.63, 3.8) is 0 Å². The van der Waals surface area contributed by atoms with Gasteiger partial charge >= 0.3 is 0 Å². The zero-order chi connectivity index (χ0) is 23.2. The van der Waals surface area contributed by atoms with Crippen LogP contribution in [0.15, 0.2) is 42.6 Å². The van der Waals surface area contributed by atoms with Gasteiger partial charge < -0.3 is 15.5 Å². The predicted molar refractivity (Wildman–Crippen MR) is 115 cm³/mol. The fourth-order valence-electron chi connectivity index (χ4n) is 4.08. The maximum Gasteiger partial charge on any atom is 0.255 e. The van der Waals surface area contributed by atoms with Gasteiger partial charge in [-0.05, 0) is 30.3 Å². The first kappa shape index (κ1) is 21.2. The number of halogens is 4. The minimum absolute atomic E-state index is 0.0502. The molecule has 0 saturated carbocycles. The van der Waals surface area contributed by atoms with Gasteiger partial charge in [0.25, 0.3) is 11.8 Å². The van der Waals surface area contributed by atoms with Gasteiger partial charge in [-0.3, -0.25) is 4.79 Å². The molecular weight excluding hydrogens is 438 g/mol. The van der Waals surface area contributed by atoms with Crippen LogP contribution in [0.3, 0.4) is 0 Å². The third-order valence-corrected chi connectivity index (χ3v) is 5.83. The van der Waals surface area contributed by atoms with Crippen molar-refractivity contribution < 1.29 is 22.4 Å². The molecule has 0 unspecified atom stereocenters. The van der Waals surface area contributed by atoms with Gasteiger partial charge in [0.1, 0.15) is 17.5 Å². The average Bonchev–Trinajstić information content (AvgIpc) is 3.15. The van der Waals surface area contributed by atoms with Crippen LogP contribution in [-0.4, -0.2) is 34.9 Å². The molecule has 1 aromatic carbocycles. The number of aromatic nitrogens is 2. The number of piperidine rings is 1. The normalized spacial score (nSPS) is 17.0. The summed E-state index contributed by atoms with van der Waals surface area (Å²) in [4.78, 5) is 22.8. The van der Waals surface area contributed by atoms with Crippen molar-refractivity contribution in [1.82, 2.24) is 15.3 Å². The second-order valence-electron chi connectivity index (χ2n) is 8.03. The quantitative estimate of drug-likeness (QED) is 0.559. The van der Waals surface area contributed by atoms with Crippen LogP contribution in [0.1, 0.15) is 28.9 Å². The molecule has 2 aliphatic rings. The minimum atomic E-state index is -2.64. The highest BCUT2D eigenvalue weighted by Gasteiger charge is 2.34. The first-order chi connectivity index (χ1) is 15.8. The molecule has 10 heteroatoms. The van der Waals surface area contributed by atoms with Crippen LogP contribution in [0, 0.1) is 11.6 Å². The number of carbonyl (C=O) groups excluding carboxylic acids is 1. The zero-order valence-corrected chi connectivity index (χ0v) is 17.3. The molecule has 1 amide bonds. The van der Waals surface area contributed by atoms with Gasteiger partial charge in [-0.2, -0.15) is 0 Å². The summed E-state index contributed by atoms with van der Waals surface area (Å²) in [5.41, 5.74) is 1.43. The maximum atomic E-state index is 14.3. The first-order valence-electron chi connectivity index (χ1n) is 10.4. The molecular formula is C23H19F4N5O. The van der Waals surface area contributed by atoms with Crippen molar-refractivity contribution in [2.45, 2.75) is 25.3 Å². The van der Waals surface area contributed by atoms with E-state index in [0.29, 0.717) is 22.9 Å². The number of hydrogen-bond acceptors (Lipinski definition) is 5. The van der Waals surface area contributed by atoms with E-state index in [4.69, 9.17) is 0 Å². The van der Waals surface area contributed by atoms with E-state index < -0.39 is 17.6 Å². The van der Waals surface area contributed by atoms with Crippen LogP contribution >= 0.6 is 0 Å². The van der Waals surface area contributed by atoms with E-state index in [9.17, 15) is 22.4 Å². The Balaban J connectivity index is 1.45. The van der Waals surface area contributed by atoms with Crippen molar-refractivity contribution in [1.29, 1.82) is 0 Å². The smallest absolute Gasteiger partial charge is 0.255 e. The molecule has 170 valence electrons. The third kappa shape index (κ3) is 4.08. The molecule has 0 radical (unpaired) electrons. The Morgan fingerprint density at radius 1 is 1.03 bits per heavy atom. The highest BCUT2D eigenvalue weighted by Crippen LogP contribution is 2.34. The molecule has 33 heavy (non-hydrogen) atoms. The zero-order valence-electron chi connectivity index (χ0n) is 17.3. The van der Waals surface area contributed by atoms with Crippen LogP contribution in [0.5, 0.6) is 0 Å². The molecule has 3 aromatic rings. The van der Waals surface area contributed by atoms with Gasteiger partial charge in [-0.1, -0.05) is 6.07 Å². The van der Waals surface area contributed by atoms with Gasteiger partial charge in [0.05, 0.1) is 46.6 Å². The summed E-state index contributed by atoms with van der Waals surface area (Å²) in [7, 11) is 0. The maximum absolute atomic E-state index is 14.3. The number of carbonyl (C=O) groups is 1. The van der Waals surface area contributed by atoms with E-state index >= 15 is 0 Å². The van der Waals surface area contributed by atoms with Gasteiger partial charge in [-0.25, -0.2) is 27.5 Å². The fraction of sp³-hybridized carbons (Fsp3) is 0.261. The number of alkyl halides is 2. The highest BCUT2D eigenvalue weighted by atomic mass is 19.3. The first-order valence-corrected chi connectivity index (χ1v) is 10.4. The van der Waals surface area contributed by atoms with E-state index in [2.05, 4.69) is 20.6 Å². The Hall–Kier alpha value is -3.69. The van der Waals surface area contributed by atoms with Crippen LogP contribution in [0.2, 0.25) is 0 Å². The number of benzene rings is 1. The van der Waals surface area contributed by atoms with Gasteiger partial charge in [0, 0.05) is 25.9 Å². The number of anilines is 3. The number of nitrogens with zero attached hydrogens (tertiary/aromatic N) is 3. The summed E-state index contributed by atoms with van der Waals surface area (Å²) in [6.07, 6.45) is 1.14. The Morgan fingerprint density at radius 2 is 1.76 bits per heavy atom. The van der Waals surface area contributed by atoms with Crippen LogP contribution in [-0.2, 0) is 6.54 Å². The molecule has 2 aromatic heterocycles. The second-order valence-corrected chi connectivity index (χ2v) is 8.03. The van der Waals surface area contributed by atoms with Crippen LogP contribution < -0.4 is 15.5 Å². The van der Waals surface area contributed by atoms with Crippen molar-refractivity contribution in [3.05, 3.63) is 65.5 Å². The number of hydrogen-bond donors (Lipinski definition) is 2. The predicted octanol–water partition coefficient (Wildman–Crippen LogP) is 4.64. The molecule has 2 aliphatic heterocycles. The van der Waals surface area contributed by atoms with Crippen molar-refractivity contribution >= 4 is 23.1 Å². The number of pyridine rings is 2. The monoisotopic (exact) mass is 457 g/mol. The van der Waals surface area contributed by atoms with E-state index in [1.165, 1.54) is 12.1 Å². The Labute approximate surface area is 186 Å². The molecule has 4 heterocycles. The summed E-state index contributed by atoms with van der Waals surface area (Å²) < 4.78 is 55.5. The van der Waals surface area contributed by atoms with E-state index in [1.54, 1.807) is 18.3 Å². The molecule has 1 saturated heterocycles. The fourth-order valence-corrected chi connectivity index (χ4v) is 4.08. The van der Waals surface area contributed by atoms with Gasteiger partial charge in [0.2, 0.25) is 0 Å². The topological polar surface area (TPSA) is 70.2 Å². The summed E-state index contributed by atoms with van der Waals surface area (Å²) in [6.45, 7) is 0.604. The SMILES string of the molecule is O=C1NCc2nc(-c3c(F)cccc3F)cc(Nc3ccc(N4CCC(F)(F)CC4)cn3)c21. The van der Waals surface area contributed by atoms with Gasteiger partial charge in [0.15, 0.2) is 0 Å².